The number of aryl methyl sites for hydroxylation is 1. The molecular weight excluding hydrogens is 817 g/mol. The summed E-state index contributed by atoms with van der Waals surface area (Å²) in [7, 11) is -1.23. The quantitative estimate of drug-likeness (QED) is 0.124. The van der Waals surface area contributed by atoms with E-state index in [2.05, 4.69) is 154 Å². The summed E-state index contributed by atoms with van der Waals surface area (Å²) < 4.78 is 6.42. The number of pyridine rings is 2. The first-order chi connectivity index (χ1) is 24.1. The zero-order valence-electron chi connectivity index (χ0n) is 30.0. The molecule has 8 rings (SSSR count). The Balaban J connectivity index is 0.000000222. The molecule has 0 bridgehead atoms. The van der Waals surface area contributed by atoms with Gasteiger partial charge in [0.1, 0.15) is 5.58 Å². The van der Waals surface area contributed by atoms with Gasteiger partial charge in [-0.2, -0.15) is 0 Å². The molecule has 0 aliphatic rings. The molecule has 0 fully saturated rings. The van der Waals surface area contributed by atoms with Gasteiger partial charge in [-0.05, 0) is 69.0 Å². The summed E-state index contributed by atoms with van der Waals surface area (Å²) in [5.41, 5.74) is 10.4. The second-order valence-electron chi connectivity index (χ2n) is 14.5. The smallest absolute Gasteiger partial charge is 0.120 e. The van der Waals surface area contributed by atoms with Crippen molar-refractivity contribution >= 4 is 46.0 Å². The molecule has 5 aromatic carbocycles. The van der Waals surface area contributed by atoms with Crippen LogP contribution >= 0.6 is 0 Å². The summed E-state index contributed by atoms with van der Waals surface area (Å²) in [4.78, 5) is 9.21. The van der Waals surface area contributed by atoms with Gasteiger partial charge in [0.2, 0.25) is 0 Å². The Morgan fingerprint density at radius 1 is 0.745 bits per heavy atom. The average Bonchev–Trinajstić information content (AvgIpc) is 3.49. The first-order valence-corrected chi connectivity index (χ1v) is 20.9. The Morgan fingerprint density at radius 3 is 2.29 bits per heavy atom. The van der Waals surface area contributed by atoms with E-state index in [0.29, 0.717) is 5.92 Å². The fraction of sp³-hybridized carbons (Fsp3) is 0.174. The van der Waals surface area contributed by atoms with E-state index in [1.165, 1.54) is 32.6 Å². The Hall–Kier alpha value is -4.67. The van der Waals surface area contributed by atoms with Crippen molar-refractivity contribution in [2.75, 3.05) is 0 Å². The topological polar surface area (TPSA) is 38.9 Å². The molecule has 0 N–H and O–H groups in total. The summed E-state index contributed by atoms with van der Waals surface area (Å²) in [5, 5.41) is 6.13. The van der Waals surface area contributed by atoms with Crippen molar-refractivity contribution < 1.29 is 24.5 Å². The third-order valence-corrected chi connectivity index (χ3v) is 11.1. The van der Waals surface area contributed by atoms with E-state index in [4.69, 9.17) is 4.42 Å². The number of benzene rings is 5. The maximum absolute atomic E-state index is 6.42. The molecule has 3 heterocycles. The number of aromatic nitrogens is 2. The Morgan fingerprint density at radius 2 is 1.55 bits per heavy atom. The van der Waals surface area contributed by atoms with Gasteiger partial charge in [0, 0.05) is 37.9 Å². The predicted molar refractivity (Wildman–Crippen MR) is 213 cm³/mol. The molecule has 8 aromatic rings. The van der Waals surface area contributed by atoms with E-state index in [9.17, 15) is 0 Å². The third kappa shape index (κ3) is 7.97. The summed E-state index contributed by atoms with van der Waals surface area (Å²) in [6.45, 7) is 13.6. The standard InChI is InChI=1S/C32H26NO.C14H16NSi.Ir/c1-20(2)15-22-13-14-33-30(18-22)29-17-21(3)16-28-27-19-24(11-12-31(27)34-32(28)29)26-10-6-8-23-7-4-5-9-25(23)26;1-16(2,3)13-9-10-14(15-11-13)12-7-5-4-6-8-12;/h4-14,16,18-20H,15H2,1-3H3;4-7,9-11H,1-3H3;/q2*-1;. The van der Waals surface area contributed by atoms with Crippen LogP contribution in [-0.2, 0) is 26.5 Å². The van der Waals surface area contributed by atoms with Crippen LogP contribution in [0.4, 0.5) is 0 Å². The van der Waals surface area contributed by atoms with Crippen LogP contribution in [0.2, 0.25) is 19.6 Å². The molecule has 0 atom stereocenters. The van der Waals surface area contributed by atoms with Gasteiger partial charge in [0.15, 0.2) is 0 Å². The number of furan rings is 1. The van der Waals surface area contributed by atoms with E-state index >= 15 is 0 Å². The van der Waals surface area contributed by atoms with Gasteiger partial charge in [0.25, 0.3) is 0 Å². The molecule has 0 saturated carbocycles. The molecule has 257 valence electrons. The molecule has 0 spiro atoms. The van der Waals surface area contributed by atoms with Crippen LogP contribution in [0, 0.1) is 25.0 Å². The van der Waals surface area contributed by atoms with Crippen LogP contribution < -0.4 is 5.19 Å². The maximum atomic E-state index is 6.42. The van der Waals surface area contributed by atoms with Crippen molar-refractivity contribution in [2.45, 2.75) is 46.8 Å². The second-order valence-corrected chi connectivity index (χ2v) is 19.6. The SMILES string of the molecule is C[Si](C)(C)c1ccc(-c2[c-]cccc2)nc1.Cc1[c-]c(-c2cc(CC(C)C)ccn2)c2oc3ccc(-c4cccc5ccccc45)cc3c2c1.[Ir]. The van der Waals surface area contributed by atoms with Gasteiger partial charge in [-0.15, -0.1) is 53.6 Å². The molecule has 51 heavy (non-hydrogen) atoms. The summed E-state index contributed by atoms with van der Waals surface area (Å²) in [6, 6.07) is 47.0. The van der Waals surface area contributed by atoms with Crippen molar-refractivity contribution in [3.05, 3.63) is 151 Å². The zero-order valence-corrected chi connectivity index (χ0v) is 33.4. The van der Waals surface area contributed by atoms with E-state index in [0.717, 1.165) is 56.4 Å². The minimum Gasteiger partial charge on any atom is -0.501 e. The van der Waals surface area contributed by atoms with Crippen LogP contribution in [0.15, 0.2) is 132 Å². The van der Waals surface area contributed by atoms with Gasteiger partial charge >= 0.3 is 0 Å². The third-order valence-electron chi connectivity index (χ3n) is 9.08. The largest absolute Gasteiger partial charge is 0.501 e. The number of fused-ring (bicyclic) bond motifs is 4. The average molecular weight is 859 g/mol. The Kier molecular flexibility index (Phi) is 10.8. The monoisotopic (exact) mass is 859 g/mol. The molecule has 0 saturated heterocycles. The first kappa shape index (κ1) is 36.1. The summed E-state index contributed by atoms with van der Waals surface area (Å²) in [6.07, 6.45) is 4.94. The van der Waals surface area contributed by atoms with Gasteiger partial charge in [-0.25, -0.2) is 0 Å². The minimum atomic E-state index is -1.23. The van der Waals surface area contributed by atoms with Crippen LogP contribution in [-0.4, -0.2) is 18.0 Å². The maximum Gasteiger partial charge on any atom is 0.120 e. The van der Waals surface area contributed by atoms with E-state index in [1.807, 2.05) is 36.7 Å². The van der Waals surface area contributed by atoms with E-state index in [1.54, 1.807) is 0 Å². The Bertz CT molecular complexity index is 2420. The molecule has 0 aliphatic carbocycles. The molecule has 5 heteroatoms. The van der Waals surface area contributed by atoms with Crippen molar-refractivity contribution in [2.24, 2.45) is 5.92 Å². The second kappa shape index (κ2) is 15.3. The number of hydrogen-bond acceptors (Lipinski definition) is 3. The Labute approximate surface area is 316 Å². The molecule has 3 nitrogen and oxygen atoms in total. The van der Waals surface area contributed by atoms with E-state index in [-0.39, 0.29) is 20.1 Å². The van der Waals surface area contributed by atoms with Gasteiger partial charge in [0.05, 0.1) is 13.7 Å². The van der Waals surface area contributed by atoms with Gasteiger partial charge < -0.3 is 14.4 Å². The van der Waals surface area contributed by atoms with Crippen molar-refractivity contribution in [1.82, 2.24) is 9.97 Å². The van der Waals surface area contributed by atoms with Crippen molar-refractivity contribution in [1.29, 1.82) is 0 Å². The predicted octanol–water partition coefficient (Wildman–Crippen LogP) is 11.9. The van der Waals surface area contributed by atoms with Crippen LogP contribution in [0.3, 0.4) is 0 Å². The number of nitrogens with zero attached hydrogens (tertiary/aromatic N) is 2. The van der Waals surface area contributed by atoms with Crippen molar-refractivity contribution in [3.8, 4) is 33.6 Å². The van der Waals surface area contributed by atoms with Crippen LogP contribution in [0.5, 0.6) is 0 Å². The molecule has 0 unspecified atom stereocenters. The fourth-order valence-corrected chi connectivity index (χ4v) is 7.57. The van der Waals surface area contributed by atoms with Crippen molar-refractivity contribution in [3.63, 3.8) is 0 Å². The molecule has 1 radical (unpaired) electrons. The normalized spacial score (nSPS) is 11.4. The number of rotatable bonds is 6. The summed E-state index contributed by atoms with van der Waals surface area (Å²) >= 11 is 0. The zero-order chi connectivity index (χ0) is 34.8. The van der Waals surface area contributed by atoms with Gasteiger partial charge in [-0.3, -0.25) is 0 Å². The molecular formula is C46H42IrN2OSi-2. The first-order valence-electron chi connectivity index (χ1n) is 17.4. The summed E-state index contributed by atoms with van der Waals surface area (Å²) in [5.74, 6) is 0.593. The molecule has 0 aliphatic heterocycles. The molecule has 0 amide bonds. The van der Waals surface area contributed by atoms with Crippen LogP contribution in [0.1, 0.15) is 25.0 Å². The van der Waals surface area contributed by atoms with Gasteiger partial charge in [-0.1, -0.05) is 124 Å². The minimum absolute atomic E-state index is 0. The van der Waals surface area contributed by atoms with E-state index < -0.39 is 8.07 Å². The van der Waals surface area contributed by atoms with Crippen LogP contribution in [0.25, 0.3) is 66.4 Å². The number of hydrogen-bond donors (Lipinski definition) is 0. The fourth-order valence-electron chi connectivity index (χ4n) is 6.54. The molecule has 3 aromatic heterocycles.